The first kappa shape index (κ1) is 14.7. The fourth-order valence-corrected chi connectivity index (χ4v) is 2.71. The van der Waals surface area contributed by atoms with Gasteiger partial charge in [0.15, 0.2) is 5.82 Å². The monoisotopic (exact) mass is 278 g/mol. The average molecular weight is 278 g/mol. The maximum absolute atomic E-state index is 11.0. The number of carboxylic acid groups (broad SMARTS) is 1. The Balaban J connectivity index is 2.40. The summed E-state index contributed by atoms with van der Waals surface area (Å²) in [6.07, 6.45) is 1.86. The Hall–Kier alpha value is -1.69. The predicted octanol–water partition coefficient (Wildman–Crippen LogP) is 1.25. The van der Waals surface area contributed by atoms with Crippen LogP contribution in [0.1, 0.15) is 31.3 Å². The molecule has 6 heteroatoms. The summed E-state index contributed by atoms with van der Waals surface area (Å²) in [7, 11) is 3.88. The molecule has 1 unspecified atom stereocenters. The maximum Gasteiger partial charge on any atom is 0.317 e. The second-order valence-electron chi connectivity index (χ2n) is 5.78. The third kappa shape index (κ3) is 2.75. The summed E-state index contributed by atoms with van der Waals surface area (Å²) < 4.78 is 0. The molecule has 1 saturated heterocycles. The summed E-state index contributed by atoms with van der Waals surface area (Å²) >= 11 is 0. The van der Waals surface area contributed by atoms with Gasteiger partial charge in [-0.2, -0.15) is 0 Å². The molecule has 20 heavy (non-hydrogen) atoms. The van der Waals surface area contributed by atoms with Gasteiger partial charge in [-0.05, 0) is 33.2 Å². The highest BCUT2D eigenvalue weighted by Crippen LogP contribution is 2.37. The second kappa shape index (κ2) is 5.36. The van der Waals surface area contributed by atoms with E-state index in [2.05, 4.69) is 9.97 Å². The van der Waals surface area contributed by atoms with Crippen molar-refractivity contribution in [3.63, 3.8) is 0 Å². The van der Waals surface area contributed by atoms with Crippen molar-refractivity contribution in [3.8, 4) is 0 Å². The fraction of sp³-hybridized carbons (Fsp3) is 0.643. The zero-order chi connectivity index (χ0) is 14.9. The molecular formula is C14H22N4O2. The summed E-state index contributed by atoms with van der Waals surface area (Å²) in [5.74, 6) is 0.773. The molecule has 0 saturated carbocycles. The van der Waals surface area contributed by atoms with E-state index < -0.39 is 11.5 Å². The lowest BCUT2D eigenvalue weighted by Gasteiger charge is -2.33. The molecule has 0 amide bonds. The van der Waals surface area contributed by atoms with Crippen LogP contribution in [0.25, 0.3) is 0 Å². The van der Waals surface area contributed by atoms with Gasteiger partial charge in [-0.15, -0.1) is 0 Å². The van der Waals surface area contributed by atoms with Gasteiger partial charge < -0.3 is 10.0 Å². The van der Waals surface area contributed by atoms with Crippen molar-refractivity contribution in [2.45, 2.75) is 32.2 Å². The number of aryl methyl sites for hydroxylation is 1. The van der Waals surface area contributed by atoms with Crippen molar-refractivity contribution in [3.05, 3.63) is 17.6 Å². The number of carboxylic acids is 1. The van der Waals surface area contributed by atoms with E-state index in [0.717, 1.165) is 36.7 Å². The molecule has 0 spiro atoms. The van der Waals surface area contributed by atoms with Crippen LogP contribution in [0.5, 0.6) is 0 Å². The first-order chi connectivity index (χ1) is 9.33. The molecule has 1 aliphatic heterocycles. The molecule has 1 aliphatic rings. The van der Waals surface area contributed by atoms with Crippen LogP contribution in [0.2, 0.25) is 0 Å². The SMILES string of the molecule is Cc1cc(N(C)C)nc(C2(C)CCCN2CC(=O)O)n1. The number of hydrogen-bond acceptors (Lipinski definition) is 5. The molecule has 0 aromatic carbocycles. The molecule has 2 heterocycles. The number of aromatic nitrogens is 2. The second-order valence-corrected chi connectivity index (χ2v) is 5.78. The Bertz CT molecular complexity index is 518. The van der Waals surface area contributed by atoms with E-state index in [1.807, 2.05) is 43.8 Å². The molecule has 0 radical (unpaired) electrons. The Morgan fingerprint density at radius 3 is 2.80 bits per heavy atom. The van der Waals surface area contributed by atoms with Crippen molar-refractivity contribution in [2.75, 3.05) is 32.1 Å². The third-order valence-corrected chi connectivity index (χ3v) is 3.90. The maximum atomic E-state index is 11.0. The van der Waals surface area contributed by atoms with Gasteiger partial charge in [0.05, 0.1) is 12.1 Å². The molecule has 1 fully saturated rings. The van der Waals surface area contributed by atoms with E-state index in [1.165, 1.54) is 0 Å². The van der Waals surface area contributed by atoms with Gasteiger partial charge in [0.1, 0.15) is 5.82 Å². The molecule has 1 aromatic heterocycles. The number of nitrogens with zero attached hydrogens (tertiary/aromatic N) is 4. The number of carbonyl (C=O) groups is 1. The third-order valence-electron chi connectivity index (χ3n) is 3.90. The molecule has 110 valence electrons. The highest BCUT2D eigenvalue weighted by Gasteiger charge is 2.41. The minimum Gasteiger partial charge on any atom is -0.480 e. The number of hydrogen-bond donors (Lipinski definition) is 1. The van der Waals surface area contributed by atoms with Crippen LogP contribution in [-0.4, -0.2) is 53.1 Å². The molecule has 2 rings (SSSR count). The van der Waals surface area contributed by atoms with Gasteiger partial charge in [0.2, 0.25) is 0 Å². The molecular weight excluding hydrogens is 256 g/mol. The lowest BCUT2D eigenvalue weighted by Crippen LogP contribution is -2.43. The van der Waals surface area contributed by atoms with Gasteiger partial charge >= 0.3 is 5.97 Å². The average Bonchev–Trinajstić information content (AvgIpc) is 2.70. The predicted molar refractivity (Wildman–Crippen MR) is 76.9 cm³/mol. The highest BCUT2D eigenvalue weighted by atomic mass is 16.4. The first-order valence-corrected chi connectivity index (χ1v) is 6.83. The van der Waals surface area contributed by atoms with E-state index in [0.29, 0.717) is 0 Å². The zero-order valence-electron chi connectivity index (χ0n) is 12.6. The van der Waals surface area contributed by atoms with Gasteiger partial charge in [-0.25, -0.2) is 9.97 Å². The summed E-state index contributed by atoms with van der Waals surface area (Å²) in [6.45, 7) is 4.79. The van der Waals surface area contributed by atoms with Crippen LogP contribution in [-0.2, 0) is 10.3 Å². The van der Waals surface area contributed by atoms with Gasteiger partial charge in [-0.1, -0.05) is 0 Å². The smallest absolute Gasteiger partial charge is 0.317 e. The van der Waals surface area contributed by atoms with Crippen LogP contribution in [0.3, 0.4) is 0 Å². The van der Waals surface area contributed by atoms with E-state index in [9.17, 15) is 4.79 Å². The van der Waals surface area contributed by atoms with Crippen molar-refractivity contribution >= 4 is 11.8 Å². The normalized spacial score (nSPS) is 23.0. The summed E-state index contributed by atoms with van der Waals surface area (Å²) in [5, 5.41) is 9.06. The van der Waals surface area contributed by atoms with Crippen LogP contribution in [0.4, 0.5) is 5.82 Å². The van der Waals surface area contributed by atoms with Crippen LogP contribution in [0, 0.1) is 6.92 Å². The summed E-state index contributed by atoms with van der Waals surface area (Å²) in [4.78, 5) is 24.1. The quantitative estimate of drug-likeness (QED) is 0.894. The Morgan fingerprint density at radius 2 is 2.20 bits per heavy atom. The minimum atomic E-state index is -0.807. The Kier molecular flexibility index (Phi) is 3.94. The zero-order valence-corrected chi connectivity index (χ0v) is 12.6. The van der Waals surface area contributed by atoms with Crippen molar-refractivity contribution < 1.29 is 9.90 Å². The van der Waals surface area contributed by atoms with Gasteiger partial charge in [-0.3, -0.25) is 9.69 Å². The minimum absolute atomic E-state index is 0.0328. The molecule has 0 bridgehead atoms. The molecule has 0 aliphatic carbocycles. The number of likely N-dealkylation sites (tertiary alicyclic amines) is 1. The largest absolute Gasteiger partial charge is 0.480 e. The molecule has 1 N–H and O–H groups in total. The van der Waals surface area contributed by atoms with E-state index in [-0.39, 0.29) is 6.54 Å². The standard InChI is InChI=1S/C14H22N4O2/c1-10-8-11(17(3)4)16-13(15-10)14(2)6-5-7-18(14)9-12(19)20/h8H,5-7,9H2,1-4H3,(H,19,20). The number of anilines is 1. The topological polar surface area (TPSA) is 69.6 Å². The number of aliphatic carboxylic acids is 1. The summed E-state index contributed by atoms with van der Waals surface area (Å²) in [6, 6.07) is 1.93. The van der Waals surface area contributed by atoms with Crippen LogP contribution >= 0.6 is 0 Å². The summed E-state index contributed by atoms with van der Waals surface area (Å²) in [5.41, 5.74) is 0.511. The fourth-order valence-electron chi connectivity index (χ4n) is 2.71. The van der Waals surface area contributed by atoms with E-state index >= 15 is 0 Å². The Morgan fingerprint density at radius 1 is 1.50 bits per heavy atom. The van der Waals surface area contributed by atoms with Crippen molar-refractivity contribution in [2.24, 2.45) is 0 Å². The lowest BCUT2D eigenvalue weighted by molar-refractivity contribution is -0.139. The van der Waals surface area contributed by atoms with Crippen LogP contribution in [0.15, 0.2) is 6.07 Å². The first-order valence-electron chi connectivity index (χ1n) is 6.83. The van der Waals surface area contributed by atoms with Crippen LogP contribution < -0.4 is 4.90 Å². The van der Waals surface area contributed by atoms with Crippen molar-refractivity contribution in [1.82, 2.24) is 14.9 Å². The van der Waals surface area contributed by atoms with E-state index in [1.54, 1.807) is 0 Å². The Labute approximate surface area is 119 Å². The molecule has 1 atom stereocenters. The molecule has 1 aromatic rings. The lowest BCUT2D eigenvalue weighted by atomic mass is 9.97. The van der Waals surface area contributed by atoms with Gasteiger partial charge in [0.25, 0.3) is 0 Å². The van der Waals surface area contributed by atoms with Gasteiger partial charge in [0, 0.05) is 25.9 Å². The van der Waals surface area contributed by atoms with E-state index in [4.69, 9.17) is 5.11 Å². The van der Waals surface area contributed by atoms with Crippen molar-refractivity contribution in [1.29, 1.82) is 0 Å². The highest BCUT2D eigenvalue weighted by molar-refractivity contribution is 5.69. The number of rotatable bonds is 4. The molecule has 6 nitrogen and oxygen atoms in total.